The molecule has 0 amide bonds. The normalized spacial score (nSPS) is 12.8. The van der Waals surface area contributed by atoms with Gasteiger partial charge in [0, 0.05) is 24.6 Å². The molecule has 0 unspecified atom stereocenters. The Kier molecular flexibility index (Phi) is 7.91. The molecule has 0 nitrogen and oxygen atoms in total. The molecule has 0 saturated carbocycles. The van der Waals surface area contributed by atoms with Crippen LogP contribution in [0.25, 0.3) is 0 Å². The van der Waals surface area contributed by atoms with Crippen molar-refractivity contribution in [2.45, 2.75) is 25.1 Å². The van der Waals surface area contributed by atoms with Crippen LogP contribution in [-0.2, 0) is 0 Å². The third-order valence-electron chi connectivity index (χ3n) is 5.93. The summed E-state index contributed by atoms with van der Waals surface area (Å²) < 4.78 is 216. The number of rotatable bonds is 5. The molecule has 0 radical (unpaired) electrons. The first-order valence-electron chi connectivity index (χ1n) is 10.3. The summed E-state index contributed by atoms with van der Waals surface area (Å²) >= 11 is 0. The van der Waals surface area contributed by atoms with Gasteiger partial charge in [-0.25, -0.2) is 65.9 Å². The highest BCUT2D eigenvalue weighted by atomic mass is 28.3. The van der Waals surface area contributed by atoms with Gasteiger partial charge in [0.25, 0.3) is 0 Å². The predicted molar refractivity (Wildman–Crippen MR) is 110 cm³/mol. The Morgan fingerprint density at radius 3 is 0.795 bits per heavy atom. The third-order valence-corrected chi connectivity index (χ3v) is 8.42. The number of halogens is 15. The van der Waals surface area contributed by atoms with E-state index in [9.17, 15) is 65.9 Å². The van der Waals surface area contributed by atoms with Crippen molar-refractivity contribution in [3.63, 3.8) is 0 Å². The van der Waals surface area contributed by atoms with Crippen LogP contribution in [-0.4, -0.2) is 14.8 Å². The fourth-order valence-corrected chi connectivity index (χ4v) is 6.71. The highest BCUT2D eigenvalue weighted by Crippen LogP contribution is 2.38. The smallest absolute Gasteiger partial charge is 0.204 e. The van der Waals surface area contributed by atoms with Gasteiger partial charge in [-0.1, -0.05) is 19.6 Å². The summed E-state index contributed by atoms with van der Waals surface area (Å²) in [5.41, 5.74) is -9.52. The molecule has 0 heterocycles. The van der Waals surface area contributed by atoms with Gasteiger partial charge in [-0.3, -0.25) is 0 Å². The van der Waals surface area contributed by atoms with Crippen molar-refractivity contribution in [3.05, 3.63) is 92.8 Å². The van der Waals surface area contributed by atoms with E-state index < -0.39 is 124 Å². The fourth-order valence-electron chi connectivity index (χ4n) is 4.26. The molecule has 3 aromatic carbocycles. The third kappa shape index (κ3) is 4.57. The lowest BCUT2D eigenvalue weighted by atomic mass is 9.36. The maximum atomic E-state index is 15.0. The molecule has 0 saturated heterocycles. The average molecular weight is 598 g/mol. The van der Waals surface area contributed by atoms with Crippen molar-refractivity contribution in [2.24, 2.45) is 0 Å². The lowest BCUT2D eigenvalue weighted by Gasteiger charge is -2.36. The second-order valence-corrected chi connectivity index (χ2v) is 14.6. The van der Waals surface area contributed by atoms with Crippen molar-refractivity contribution in [2.75, 3.05) is 0 Å². The Balaban J connectivity index is 2.72. The Labute approximate surface area is 210 Å². The first-order valence-corrected chi connectivity index (χ1v) is 13.9. The minimum Gasteiger partial charge on any atom is -0.204 e. The van der Waals surface area contributed by atoms with E-state index in [1.807, 2.05) is 0 Å². The molecule has 0 bridgehead atoms. The van der Waals surface area contributed by atoms with Gasteiger partial charge in [-0.2, -0.15) is 0 Å². The van der Waals surface area contributed by atoms with Crippen molar-refractivity contribution in [1.29, 1.82) is 0 Å². The van der Waals surface area contributed by atoms with Crippen molar-refractivity contribution in [1.82, 2.24) is 0 Å². The first kappa shape index (κ1) is 30.4. The Morgan fingerprint density at radius 2 is 0.564 bits per heavy atom. The molecule has 1 atom stereocenters. The van der Waals surface area contributed by atoms with Gasteiger partial charge in [-0.15, -0.1) is 0 Å². The topological polar surface area (TPSA) is 0 Å². The van der Waals surface area contributed by atoms with E-state index in [1.54, 1.807) is 0 Å². The number of hydrogen-bond acceptors (Lipinski definition) is 0. The summed E-state index contributed by atoms with van der Waals surface area (Å²) in [7, 11) is -4.05. The summed E-state index contributed by atoms with van der Waals surface area (Å²) in [6.45, 7) is -0.610. The molecule has 0 spiro atoms. The van der Waals surface area contributed by atoms with Crippen molar-refractivity contribution < 1.29 is 65.9 Å². The maximum absolute atomic E-state index is 15.0. The van der Waals surface area contributed by atoms with Crippen LogP contribution in [0.2, 0.25) is 19.6 Å². The van der Waals surface area contributed by atoms with Crippen LogP contribution >= 0.6 is 0 Å². The Bertz CT molecular complexity index is 1360. The van der Waals surface area contributed by atoms with Crippen molar-refractivity contribution in [3.8, 4) is 0 Å². The molecule has 39 heavy (non-hydrogen) atoms. The Morgan fingerprint density at radius 1 is 0.359 bits per heavy atom. The summed E-state index contributed by atoms with van der Waals surface area (Å²) in [4.78, 5) is 0. The monoisotopic (exact) mass is 598 g/mol. The molecular weight excluding hydrogens is 588 g/mol. The minimum absolute atomic E-state index is 0.931. The summed E-state index contributed by atoms with van der Waals surface area (Å²) in [6.07, 6.45) is 0. The van der Waals surface area contributed by atoms with E-state index in [2.05, 4.69) is 0 Å². The second-order valence-electron chi connectivity index (χ2n) is 9.27. The quantitative estimate of drug-likeness (QED) is 0.135. The zero-order chi connectivity index (χ0) is 30.0. The lowest BCUT2D eigenvalue weighted by Crippen LogP contribution is -2.60. The van der Waals surface area contributed by atoms with E-state index >= 15 is 0 Å². The van der Waals surface area contributed by atoms with Crippen LogP contribution in [0.5, 0.6) is 0 Å². The lowest BCUT2D eigenvalue weighted by molar-refractivity contribution is 0.371. The van der Waals surface area contributed by atoms with Gasteiger partial charge in [0.15, 0.2) is 81.4 Å². The van der Waals surface area contributed by atoms with Crippen LogP contribution in [0.15, 0.2) is 0 Å². The van der Waals surface area contributed by atoms with E-state index in [4.69, 9.17) is 0 Å². The maximum Gasteiger partial charge on any atom is 0.230 e. The van der Waals surface area contributed by atoms with Gasteiger partial charge in [0.05, 0.1) is 0 Å². The molecule has 0 N–H and O–H groups in total. The van der Waals surface area contributed by atoms with Crippen LogP contribution < -0.4 is 10.9 Å². The van der Waals surface area contributed by atoms with Gasteiger partial charge in [0.2, 0.25) is 12.5 Å². The first-order chi connectivity index (χ1) is 17.8. The predicted octanol–water partition coefficient (Wildman–Crippen LogP) is 6.58. The van der Waals surface area contributed by atoms with Crippen LogP contribution in [0.4, 0.5) is 65.9 Å². The second kappa shape index (κ2) is 10.1. The van der Waals surface area contributed by atoms with Crippen LogP contribution in [0.3, 0.4) is 0 Å². The summed E-state index contributed by atoms with van der Waals surface area (Å²) in [5, 5.41) is 0. The largest absolute Gasteiger partial charge is 0.230 e. The molecule has 210 valence electrons. The van der Waals surface area contributed by atoms with E-state index in [-0.39, 0.29) is 0 Å². The molecule has 0 fully saturated rings. The number of benzene rings is 3. The highest BCUT2D eigenvalue weighted by Gasteiger charge is 2.51. The molecule has 0 aromatic heterocycles. The zero-order valence-electron chi connectivity index (χ0n) is 19.3. The minimum atomic E-state index is -4.05. The van der Waals surface area contributed by atoms with Gasteiger partial charge in [-0.05, 0) is 5.44 Å². The summed E-state index contributed by atoms with van der Waals surface area (Å²) in [6, 6.07) is 0. The van der Waals surface area contributed by atoms with Crippen LogP contribution in [0, 0.1) is 87.3 Å². The molecule has 3 aromatic rings. The van der Waals surface area contributed by atoms with E-state index in [0.717, 1.165) is 19.6 Å². The molecule has 0 aliphatic carbocycles. The van der Waals surface area contributed by atoms with Gasteiger partial charge < -0.3 is 0 Å². The van der Waals surface area contributed by atoms with Crippen molar-refractivity contribution >= 4 is 25.7 Å². The highest BCUT2D eigenvalue weighted by molar-refractivity contribution is 6.99. The standard InChI is InChI=1S/C22H10BF15Si/c1-39(2,3)22(4-7(24)13(30)19(36)14(31)8(4)25)23(5-9(26)15(32)20(37)16(33)10(5)27)6-11(28)17(34)21(38)18(35)12(6)29/h22H,1-3H3/t22-/m1/s1. The van der Waals surface area contributed by atoms with Gasteiger partial charge >= 0.3 is 0 Å². The molecule has 17 heteroatoms. The summed E-state index contributed by atoms with van der Waals surface area (Å²) in [5.74, 6) is -42.2. The average Bonchev–Trinajstić information content (AvgIpc) is 2.87. The molecule has 3 rings (SSSR count). The molecular formula is C22H10BF15Si. The van der Waals surface area contributed by atoms with Crippen LogP contribution in [0.1, 0.15) is 11.0 Å². The van der Waals surface area contributed by atoms with E-state index in [0.29, 0.717) is 0 Å². The Hall–Kier alpha value is -3.11. The van der Waals surface area contributed by atoms with Gasteiger partial charge in [0.1, 0.15) is 0 Å². The molecule has 0 aliphatic rings. The SMILES string of the molecule is C[Si](C)(C)[C@@H](B(c1c(F)c(F)c(F)c(F)c1F)c1c(F)c(F)c(F)c(F)c1F)c1c(F)c(F)c(F)c(F)c1F. The molecule has 0 aliphatic heterocycles. The number of hydrogen-bond donors (Lipinski definition) is 0. The van der Waals surface area contributed by atoms with E-state index in [1.165, 1.54) is 0 Å². The fraction of sp³-hybridized carbons (Fsp3) is 0.182. The zero-order valence-corrected chi connectivity index (χ0v) is 20.3.